The Labute approximate surface area is 90.7 Å². The Morgan fingerprint density at radius 1 is 1.58 bits per heavy atom. The zero-order valence-corrected chi connectivity index (χ0v) is 9.34. The Morgan fingerprint density at radius 3 is 2.83 bits per heavy atom. The first-order chi connectivity index (χ1) is 5.65. The summed E-state index contributed by atoms with van der Waals surface area (Å²) in [7, 11) is 0. The van der Waals surface area contributed by atoms with Crippen LogP contribution in [0.4, 0.5) is 0 Å². The van der Waals surface area contributed by atoms with Gasteiger partial charge in [0.1, 0.15) is 0 Å². The molecule has 0 saturated carbocycles. The van der Waals surface area contributed by atoms with Gasteiger partial charge in [-0.2, -0.15) is 0 Å². The molecule has 0 saturated heterocycles. The second kappa shape index (κ2) is 4.25. The van der Waals surface area contributed by atoms with E-state index in [1.54, 1.807) is 6.08 Å². The lowest BCUT2D eigenvalue weighted by atomic mass is 10.1. The average Bonchev–Trinajstić information content (AvgIpc) is 2.08. The normalized spacial score (nSPS) is 12.6. The van der Waals surface area contributed by atoms with E-state index >= 15 is 0 Å². The second-order valence-electron chi connectivity index (χ2n) is 2.43. The lowest BCUT2D eigenvalue weighted by Gasteiger charge is -2.08. The van der Waals surface area contributed by atoms with Gasteiger partial charge in [-0.15, -0.1) is 6.58 Å². The lowest BCUT2D eigenvalue weighted by Crippen LogP contribution is -2.08. The summed E-state index contributed by atoms with van der Waals surface area (Å²) < 4.78 is 1.12. The molecule has 0 aliphatic heterocycles. The van der Waals surface area contributed by atoms with E-state index in [1.807, 2.05) is 18.2 Å². The molecule has 1 aromatic rings. The van der Waals surface area contributed by atoms with E-state index in [1.165, 1.54) is 0 Å². The average molecular weight is 294 g/mol. The Bertz CT molecular complexity index is 299. The number of nitrogens with two attached hydrogens (primary N) is 1. The molecule has 0 spiro atoms. The van der Waals surface area contributed by atoms with Gasteiger partial charge in [-0.1, -0.05) is 17.7 Å². The number of hydrogen-bond donors (Lipinski definition) is 1. The zero-order valence-electron chi connectivity index (χ0n) is 6.43. The van der Waals surface area contributed by atoms with E-state index in [4.69, 9.17) is 17.3 Å². The molecule has 1 nitrogen and oxygen atoms in total. The lowest BCUT2D eigenvalue weighted by molar-refractivity contribution is 0.907. The largest absolute Gasteiger partial charge is 0.321 e. The molecule has 1 rings (SSSR count). The molecular formula is C9H9ClIN. The van der Waals surface area contributed by atoms with Crippen LogP contribution in [0.25, 0.3) is 0 Å². The van der Waals surface area contributed by atoms with Gasteiger partial charge in [0.05, 0.1) is 0 Å². The third kappa shape index (κ3) is 2.21. The molecule has 64 valence electrons. The van der Waals surface area contributed by atoms with Crippen molar-refractivity contribution in [2.75, 3.05) is 0 Å². The quantitative estimate of drug-likeness (QED) is 0.658. The van der Waals surface area contributed by atoms with Crippen LogP contribution in [0.1, 0.15) is 11.6 Å². The van der Waals surface area contributed by atoms with Crippen molar-refractivity contribution in [3.05, 3.63) is 45.0 Å². The van der Waals surface area contributed by atoms with E-state index < -0.39 is 0 Å². The fraction of sp³-hybridized carbons (Fsp3) is 0.111. The summed E-state index contributed by atoms with van der Waals surface area (Å²) >= 11 is 8.05. The molecule has 0 fully saturated rings. The highest BCUT2D eigenvalue weighted by atomic mass is 127. The first-order valence-corrected chi connectivity index (χ1v) is 4.94. The highest BCUT2D eigenvalue weighted by Crippen LogP contribution is 2.22. The molecule has 0 aliphatic rings. The fourth-order valence-corrected chi connectivity index (χ4v) is 1.77. The van der Waals surface area contributed by atoms with Crippen LogP contribution >= 0.6 is 34.2 Å². The Kier molecular flexibility index (Phi) is 3.55. The van der Waals surface area contributed by atoms with Gasteiger partial charge in [0.15, 0.2) is 0 Å². The molecule has 1 aromatic carbocycles. The third-order valence-corrected chi connectivity index (χ3v) is 2.79. The van der Waals surface area contributed by atoms with Crippen LogP contribution in [0.2, 0.25) is 5.02 Å². The third-order valence-electron chi connectivity index (χ3n) is 1.57. The fourth-order valence-electron chi connectivity index (χ4n) is 0.897. The van der Waals surface area contributed by atoms with Crippen molar-refractivity contribution in [2.45, 2.75) is 6.04 Å². The zero-order chi connectivity index (χ0) is 9.14. The monoisotopic (exact) mass is 293 g/mol. The van der Waals surface area contributed by atoms with Crippen molar-refractivity contribution in [1.82, 2.24) is 0 Å². The summed E-state index contributed by atoms with van der Waals surface area (Å²) in [4.78, 5) is 0. The van der Waals surface area contributed by atoms with Crippen molar-refractivity contribution in [1.29, 1.82) is 0 Å². The summed E-state index contributed by atoms with van der Waals surface area (Å²) in [6.45, 7) is 3.64. The maximum Gasteiger partial charge on any atom is 0.0489 e. The minimum absolute atomic E-state index is 0.129. The molecule has 3 heteroatoms. The predicted octanol–water partition coefficient (Wildman–Crippen LogP) is 3.13. The first-order valence-electron chi connectivity index (χ1n) is 3.48. The van der Waals surface area contributed by atoms with Gasteiger partial charge in [-0.05, 0) is 46.4 Å². The van der Waals surface area contributed by atoms with Crippen LogP contribution in [0.5, 0.6) is 0 Å². The summed E-state index contributed by atoms with van der Waals surface area (Å²) in [6, 6.07) is 5.54. The SMILES string of the molecule is C=CC(N)c1cc(Cl)ccc1I. The highest BCUT2D eigenvalue weighted by molar-refractivity contribution is 14.1. The van der Waals surface area contributed by atoms with Crippen molar-refractivity contribution in [3.8, 4) is 0 Å². The Balaban J connectivity index is 3.12. The molecule has 0 aromatic heterocycles. The number of halogens is 2. The molecule has 2 N–H and O–H groups in total. The molecule has 1 atom stereocenters. The maximum absolute atomic E-state index is 5.82. The van der Waals surface area contributed by atoms with Crippen LogP contribution in [0.15, 0.2) is 30.9 Å². The van der Waals surface area contributed by atoms with Crippen LogP contribution in [0.3, 0.4) is 0 Å². The van der Waals surface area contributed by atoms with E-state index in [2.05, 4.69) is 29.2 Å². The molecule has 1 unspecified atom stereocenters. The number of hydrogen-bond acceptors (Lipinski definition) is 1. The van der Waals surface area contributed by atoms with E-state index in [0.717, 1.165) is 9.13 Å². The Morgan fingerprint density at radius 2 is 2.25 bits per heavy atom. The molecule has 0 heterocycles. The summed E-state index contributed by atoms with van der Waals surface area (Å²) in [5.74, 6) is 0. The smallest absolute Gasteiger partial charge is 0.0489 e. The van der Waals surface area contributed by atoms with Crippen LogP contribution in [-0.4, -0.2) is 0 Å². The van der Waals surface area contributed by atoms with Crippen molar-refractivity contribution in [2.24, 2.45) is 5.73 Å². The highest BCUT2D eigenvalue weighted by Gasteiger charge is 2.05. The van der Waals surface area contributed by atoms with Gasteiger partial charge in [-0.3, -0.25) is 0 Å². The van der Waals surface area contributed by atoms with E-state index in [0.29, 0.717) is 5.02 Å². The first kappa shape index (κ1) is 10.0. The van der Waals surface area contributed by atoms with Crippen LogP contribution < -0.4 is 5.73 Å². The van der Waals surface area contributed by atoms with Crippen molar-refractivity contribution in [3.63, 3.8) is 0 Å². The van der Waals surface area contributed by atoms with Gasteiger partial charge in [0.2, 0.25) is 0 Å². The van der Waals surface area contributed by atoms with E-state index in [9.17, 15) is 0 Å². The molecule has 0 amide bonds. The van der Waals surface area contributed by atoms with Gasteiger partial charge in [-0.25, -0.2) is 0 Å². The molecular weight excluding hydrogens is 284 g/mol. The van der Waals surface area contributed by atoms with Gasteiger partial charge in [0.25, 0.3) is 0 Å². The van der Waals surface area contributed by atoms with Crippen LogP contribution in [0, 0.1) is 3.57 Å². The minimum atomic E-state index is -0.129. The standard InChI is InChI=1S/C9H9ClIN/c1-2-9(12)7-5-6(10)3-4-8(7)11/h2-5,9H,1,12H2. The summed E-state index contributed by atoms with van der Waals surface area (Å²) in [5, 5.41) is 0.711. The van der Waals surface area contributed by atoms with Crippen molar-refractivity contribution < 1.29 is 0 Å². The summed E-state index contributed by atoms with van der Waals surface area (Å²) in [5.41, 5.74) is 6.81. The summed E-state index contributed by atoms with van der Waals surface area (Å²) in [6.07, 6.45) is 1.70. The second-order valence-corrected chi connectivity index (χ2v) is 4.03. The predicted molar refractivity (Wildman–Crippen MR) is 61.3 cm³/mol. The molecule has 0 bridgehead atoms. The van der Waals surface area contributed by atoms with Gasteiger partial charge in [0, 0.05) is 14.6 Å². The van der Waals surface area contributed by atoms with Gasteiger partial charge < -0.3 is 5.73 Å². The number of benzene rings is 1. The minimum Gasteiger partial charge on any atom is -0.321 e. The number of rotatable bonds is 2. The van der Waals surface area contributed by atoms with Crippen molar-refractivity contribution >= 4 is 34.2 Å². The maximum atomic E-state index is 5.82. The molecule has 0 aliphatic carbocycles. The molecule has 12 heavy (non-hydrogen) atoms. The van der Waals surface area contributed by atoms with E-state index in [-0.39, 0.29) is 6.04 Å². The Hall–Kier alpha value is -0.0600. The van der Waals surface area contributed by atoms with Gasteiger partial charge >= 0.3 is 0 Å². The molecule has 0 radical (unpaired) electrons. The van der Waals surface area contributed by atoms with Crippen LogP contribution in [-0.2, 0) is 0 Å². The topological polar surface area (TPSA) is 26.0 Å².